The Morgan fingerprint density at radius 3 is 2.54 bits per heavy atom. The van der Waals surface area contributed by atoms with E-state index in [4.69, 9.17) is 0 Å². The van der Waals surface area contributed by atoms with Gasteiger partial charge in [-0.05, 0) is 6.92 Å². The summed E-state index contributed by atoms with van der Waals surface area (Å²) in [6.07, 6.45) is 1.51. The van der Waals surface area contributed by atoms with Crippen LogP contribution in [0.15, 0.2) is 6.33 Å². The molecule has 0 aliphatic carbocycles. The maximum absolute atomic E-state index is 4.13. The average molecular weight is 181 g/mol. The van der Waals surface area contributed by atoms with Crippen LogP contribution in [-0.2, 0) is 0 Å². The molecule has 0 spiro atoms. The van der Waals surface area contributed by atoms with Crippen LogP contribution in [0.3, 0.4) is 0 Å². The zero-order valence-corrected chi connectivity index (χ0v) is 8.28. The molecule has 0 fully saturated rings. The third-order valence-electron chi connectivity index (χ3n) is 1.71. The molecule has 5 nitrogen and oxygen atoms in total. The second-order valence-electron chi connectivity index (χ2n) is 2.64. The molecule has 0 radical (unpaired) electrons. The normalized spacial score (nSPS) is 10.5. The molecular formula is C8H15N5. The molecule has 1 aromatic rings. The van der Waals surface area contributed by atoms with Gasteiger partial charge < -0.3 is 0 Å². The Morgan fingerprint density at radius 2 is 2.00 bits per heavy atom. The zero-order valence-electron chi connectivity index (χ0n) is 8.28. The summed E-state index contributed by atoms with van der Waals surface area (Å²) in [6, 6.07) is 0. The van der Waals surface area contributed by atoms with Crippen LogP contribution in [0.25, 0.3) is 0 Å². The molecule has 1 rings (SSSR count). The van der Waals surface area contributed by atoms with Crippen molar-refractivity contribution in [3.8, 4) is 0 Å². The lowest BCUT2D eigenvalue weighted by Crippen LogP contribution is -2.30. The molecule has 1 aromatic heterocycles. The van der Waals surface area contributed by atoms with Crippen LogP contribution in [0.1, 0.15) is 19.7 Å². The molecule has 0 aliphatic heterocycles. The maximum atomic E-state index is 4.13. The second-order valence-corrected chi connectivity index (χ2v) is 2.64. The Labute approximate surface area is 78.2 Å². The van der Waals surface area contributed by atoms with E-state index < -0.39 is 0 Å². The highest BCUT2D eigenvalue weighted by atomic mass is 15.5. The van der Waals surface area contributed by atoms with Crippen molar-refractivity contribution in [2.75, 3.05) is 18.5 Å². The largest absolute Gasteiger partial charge is 0.287 e. The van der Waals surface area contributed by atoms with Gasteiger partial charge in [0.05, 0.1) is 0 Å². The van der Waals surface area contributed by atoms with Crippen LogP contribution < -0.4 is 5.43 Å². The van der Waals surface area contributed by atoms with Gasteiger partial charge in [-0.3, -0.25) is 5.43 Å². The van der Waals surface area contributed by atoms with Crippen LogP contribution in [0, 0.1) is 6.92 Å². The number of aromatic nitrogens is 3. The fourth-order valence-electron chi connectivity index (χ4n) is 0.955. The number of aryl methyl sites for hydroxylation is 1. The molecule has 0 amide bonds. The van der Waals surface area contributed by atoms with Gasteiger partial charge in [-0.1, -0.05) is 13.8 Å². The first-order chi connectivity index (χ1) is 6.26. The molecule has 0 aliphatic rings. The van der Waals surface area contributed by atoms with Gasteiger partial charge in [-0.15, -0.1) is 0 Å². The highest BCUT2D eigenvalue weighted by Gasteiger charge is 2.00. The van der Waals surface area contributed by atoms with Gasteiger partial charge in [0, 0.05) is 13.1 Å². The van der Waals surface area contributed by atoms with Gasteiger partial charge in [-0.2, -0.15) is 4.98 Å². The SMILES string of the molecule is CCN(CC)Nc1ncnc(C)n1. The van der Waals surface area contributed by atoms with Crippen LogP contribution in [0.2, 0.25) is 0 Å². The molecule has 0 saturated heterocycles. The first-order valence-corrected chi connectivity index (χ1v) is 4.43. The van der Waals surface area contributed by atoms with E-state index in [2.05, 4.69) is 34.2 Å². The number of hydrogen-bond acceptors (Lipinski definition) is 5. The lowest BCUT2D eigenvalue weighted by molar-refractivity contribution is 0.363. The molecule has 0 bridgehead atoms. The van der Waals surface area contributed by atoms with Gasteiger partial charge in [0.2, 0.25) is 5.95 Å². The predicted molar refractivity (Wildman–Crippen MR) is 51.1 cm³/mol. The quantitative estimate of drug-likeness (QED) is 0.698. The number of nitrogens with zero attached hydrogens (tertiary/aromatic N) is 4. The molecule has 0 saturated carbocycles. The maximum Gasteiger partial charge on any atom is 0.240 e. The van der Waals surface area contributed by atoms with E-state index in [9.17, 15) is 0 Å². The van der Waals surface area contributed by atoms with E-state index in [-0.39, 0.29) is 0 Å². The molecule has 0 atom stereocenters. The summed E-state index contributed by atoms with van der Waals surface area (Å²) in [5.41, 5.74) is 3.09. The number of hydrazine groups is 1. The summed E-state index contributed by atoms with van der Waals surface area (Å²) in [4.78, 5) is 12.1. The molecule has 13 heavy (non-hydrogen) atoms. The van der Waals surface area contributed by atoms with E-state index in [0.29, 0.717) is 5.95 Å². The molecule has 0 aromatic carbocycles. The third-order valence-corrected chi connectivity index (χ3v) is 1.71. The van der Waals surface area contributed by atoms with E-state index in [1.54, 1.807) is 0 Å². The lowest BCUT2D eigenvalue weighted by atomic mass is 10.6. The molecule has 5 heteroatoms. The standard InChI is InChI=1S/C8H15N5/c1-4-13(5-2)12-8-10-6-9-7(3)11-8/h6H,4-5H2,1-3H3,(H,9,10,11,12). The van der Waals surface area contributed by atoms with Crippen LogP contribution in [0.5, 0.6) is 0 Å². The Kier molecular flexibility index (Phi) is 3.57. The molecule has 0 unspecified atom stereocenters. The lowest BCUT2D eigenvalue weighted by Gasteiger charge is -2.18. The predicted octanol–water partition coefficient (Wildman–Crippen LogP) is 0.849. The Hall–Kier alpha value is -1.23. The summed E-state index contributed by atoms with van der Waals surface area (Å²) in [7, 11) is 0. The Balaban J connectivity index is 2.62. The number of rotatable bonds is 4. The van der Waals surface area contributed by atoms with Crippen molar-refractivity contribution < 1.29 is 0 Å². The summed E-state index contributed by atoms with van der Waals surface area (Å²) in [6.45, 7) is 7.83. The minimum atomic E-state index is 0.608. The average Bonchev–Trinajstić information content (AvgIpc) is 2.14. The van der Waals surface area contributed by atoms with Crippen molar-refractivity contribution >= 4 is 5.95 Å². The fraction of sp³-hybridized carbons (Fsp3) is 0.625. The highest BCUT2D eigenvalue weighted by Crippen LogP contribution is 1.97. The molecule has 1 N–H and O–H groups in total. The Morgan fingerprint density at radius 1 is 1.31 bits per heavy atom. The Bertz CT molecular complexity index is 258. The van der Waals surface area contributed by atoms with Gasteiger partial charge >= 0.3 is 0 Å². The van der Waals surface area contributed by atoms with Crippen molar-refractivity contribution in [2.24, 2.45) is 0 Å². The molecular weight excluding hydrogens is 166 g/mol. The van der Waals surface area contributed by atoms with Gasteiger partial charge in [0.1, 0.15) is 12.2 Å². The van der Waals surface area contributed by atoms with Crippen molar-refractivity contribution in [3.05, 3.63) is 12.2 Å². The number of nitrogens with one attached hydrogen (secondary N) is 1. The molecule has 1 heterocycles. The van der Waals surface area contributed by atoms with Crippen molar-refractivity contribution in [1.82, 2.24) is 20.0 Å². The van der Waals surface area contributed by atoms with Gasteiger partial charge in [0.25, 0.3) is 0 Å². The smallest absolute Gasteiger partial charge is 0.240 e. The van der Waals surface area contributed by atoms with Crippen molar-refractivity contribution in [3.63, 3.8) is 0 Å². The first-order valence-electron chi connectivity index (χ1n) is 4.43. The summed E-state index contributed by atoms with van der Waals surface area (Å²) >= 11 is 0. The highest BCUT2D eigenvalue weighted by molar-refractivity contribution is 5.20. The van der Waals surface area contributed by atoms with E-state index in [1.807, 2.05) is 11.9 Å². The van der Waals surface area contributed by atoms with Crippen molar-refractivity contribution in [1.29, 1.82) is 0 Å². The summed E-state index contributed by atoms with van der Waals surface area (Å²) < 4.78 is 0. The minimum Gasteiger partial charge on any atom is -0.287 e. The van der Waals surface area contributed by atoms with Crippen molar-refractivity contribution in [2.45, 2.75) is 20.8 Å². The zero-order chi connectivity index (χ0) is 9.68. The van der Waals surface area contributed by atoms with Crippen LogP contribution in [-0.4, -0.2) is 33.1 Å². The monoisotopic (exact) mass is 181 g/mol. The fourth-order valence-corrected chi connectivity index (χ4v) is 0.955. The topological polar surface area (TPSA) is 53.9 Å². The molecule has 72 valence electrons. The summed E-state index contributed by atoms with van der Waals surface area (Å²) in [5, 5.41) is 2.02. The third kappa shape index (κ3) is 2.95. The number of hydrogen-bond donors (Lipinski definition) is 1. The minimum absolute atomic E-state index is 0.608. The van der Waals surface area contributed by atoms with Gasteiger partial charge in [-0.25, -0.2) is 15.0 Å². The van der Waals surface area contributed by atoms with E-state index in [0.717, 1.165) is 18.9 Å². The number of anilines is 1. The van der Waals surface area contributed by atoms with E-state index in [1.165, 1.54) is 6.33 Å². The summed E-state index contributed by atoms with van der Waals surface area (Å²) in [5.74, 6) is 1.33. The van der Waals surface area contributed by atoms with Crippen LogP contribution >= 0.6 is 0 Å². The van der Waals surface area contributed by atoms with Crippen LogP contribution in [0.4, 0.5) is 5.95 Å². The second kappa shape index (κ2) is 4.71. The van der Waals surface area contributed by atoms with E-state index >= 15 is 0 Å². The first kappa shape index (κ1) is 9.85. The van der Waals surface area contributed by atoms with Gasteiger partial charge in [0.15, 0.2) is 0 Å².